The van der Waals surface area contributed by atoms with Gasteiger partial charge in [0.1, 0.15) is 12.4 Å². The van der Waals surface area contributed by atoms with E-state index >= 15 is 0 Å². The Kier molecular flexibility index (Phi) is 8.23. The van der Waals surface area contributed by atoms with Crippen LogP contribution >= 0.6 is 11.8 Å². The molecule has 26 heavy (non-hydrogen) atoms. The van der Waals surface area contributed by atoms with Crippen LogP contribution < -0.4 is 15.7 Å². The molecular weight excluding hydrogens is 356 g/mol. The second-order valence-electron chi connectivity index (χ2n) is 5.61. The highest BCUT2D eigenvalue weighted by molar-refractivity contribution is 7.99. The zero-order chi connectivity index (χ0) is 18.8. The summed E-state index contributed by atoms with van der Waals surface area (Å²) >= 11 is 1.22. The van der Waals surface area contributed by atoms with Gasteiger partial charge in [0, 0.05) is 20.3 Å². The Morgan fingerprint density at radius 3 is 3.00 bits per heavy atom. The lowest BCUT2D eigenvalue weighted by atomic mass is 10.2. The number of aryl methyl sites for hydroxylation is 1. The third-order valence-electron chi connectivity index (χ3n) is 3.47. The normalized spacial score (nSPS) is 10.7. The molecule has 0 aliphatic heterocycles. The average molecular weight is 380 g/mol. The molecule has 0 spiro atoms. The maximum absolute atomic E-state index is 11.9. The molecule has 1 aromatic carbocycles. The number of methoxy groups -OCH3 is 1. The minimum Gasteiger partial charge on any atom is -0.492 e. The van der Waals surface area contributed by atoms with E-state index in [1.807, 2.05) is 31.2 Å². The molecule has 2 aromatic rings. The first-order valence-corrected chi connectivity index (χ1v) is 9.32. The topological polar surface area (TPSA) is 98.2 Å². The van der Waals surface area contributed by atoms with E-state index < -0.39 is 0 Å². The van der Waals surface area contributed by atoms with Gasteiger partial charge in [0.05, 0.1) is 12.3 Å². The molecule has 0 unspecified atom stereocenters. The van der Waals surface area contributed by atoms with E-state index in [0.717, 1.165) is 11.3 Å². The van der Waals surface area contributed by atoms with Gasteiger partial charge in [-0.1, -0.05) is 23.9 Å². The maximum atomic E-state index is 11.9. The molecule has 0 bridgehead atoms. The number of ether oxygens (including phenoxy) is 2. The first kappa shape index (κ1) is 20.1. The fourth-order valence-corrected chi connectivity index (χ4v) is 3.03. The zero-order valence-electron chi connectivity index (χ0n) is 15.0. The number of nitrogens with one attached hydrogen (secondary N) is 2. The van der Waals surface area contributed by atoms with Crippen LogP contribution in [0.3, 0.4) is 0 Å². The molecule has 2 rings (SSSR count). The quantitative estimate of drug-likeness (QED) is 0.449. The second kappa shape index (κ2) is 10.7. The first-order valence-electron chi connectivity index (χ1n) is 8.33. The van der Waals surface area contributed by atoms with Crippen molar-refractivity contribution in [1.82, 2.24) is 20.1 Å². The minimum atomic E-state index is -0.282. The van der Waals surface area contributed by atoms with Gasteiger partial charge in [-0.2, -0.15) is 0 Å². The van der Waals surface area contributed by atoms with Crippen LogP contribution in [-0.2, 0) is 16.1 Å². The largest absolute Gasteiger partial charge is 0.492 e. The Balaban J connectivity index is 1.69. The Morgan fingerprint density at radius 2 is 2.23 bits per heavy atom. The number of amides is 1. The summed E-state index contributed by atoms with van der Waals surface area (Å²) in [6.45, 7) is 3.86. The zero-order valence-corrected chi connectivity index (χ0v) is 15.8. The van der Waals surface area contributed by atoms with Gasteiger partial charge in [0.25, 0.3) is 0 Å². The Labute approximate surface area is 156 Å². The molecule has 9 heteroatoms. The molecule has 0 fully saturated rings. The number of H-pyrrole nitrogens is 1. The van der Waals surface area contributed by atoms with E-state index in [1.165, 1.54) is 16.3 Å². The number of nitrogens with zero attached hydrogens (tertiary/aromatic N) is 2. The van der Waals surface area contributed by atoms with Gasteiger partial charge >= 0.3 is 5.69 Å². The average Bonchev–Trinajstić information content (AvgIpc) is 2.97. The lowest BCUT2D eigenvalue weighted by Gasteiger charge is -2.08. The number of hydrogen-bond acceptors (Lipinski definition) is 6. The highest BCUT2D eigenvalue weighted by Gasteiger charge is 2.11. The summed E-state index contributed by atoms with van der Waals surface area (Å²) in [7, 11) is 1.61. The van der Waals surface area contributed by atoms with Crippen LogP contribution in [0, 0.1) is 6.92 Å². The molecule has 1 aromatic heterocycles. The van der Waals surface area contributed by atoms with Crippen LogP contribution in [0.1, 0.15) is 12.0 Å². The number of thioether (sulfide) groups is 1. The van der Waals surface area contributed by atoms with Gasteiger partial charge in [-0.15, -0.1) is 5.10 Å². The standard InChI is InChI=1S/C17H24N4O4S/c1-13-5-3-6-14(11-13)25-10-7-18-15(22)12-26-17-20-19-16(23)21(17)8-4-9-24-2/h3,5-6,11H,4,7-10,12H2,1-2H3,(H,18,22)(H,19,23). The molecule has 2 N–H and O–H groups in total. The van der Waals surface area contributed by atoms with Crippen molar-refractivity contribution in [3.8, 4) is 5.75 Å². The highest BCUT2D eigenvalue weighted by atomic mass is 32.2. The van der Waals surface area contributed by atoms with Gasteiger partial charge in [0.2, 0.25) is 5.91 Å². The summed E-state index contributed by atoms with van der Waals surface area (Å²) in [4.78, 5) is 23.6. The van der Waals surface area contributed by atoms with Crippen molar-refractivity contribution in [1.29, 1.82) is 0 Å². The van der Waals surface area contributed by atoms with Crippen LogP contribution in [0.4, 0.5) is 0 Å². The number of rotatable bonds is 11. The van der Waals surface area contributed by atoms with E-state index in [0.29, 0.717) is 37.9 Å². The lowest BCUT2D eigenvalue weighted by molar-refractivity contribution is -0.118. The van der Waals surface area contributed by atoms with E-state index in [1.54, 1.807) is 7.11 Å². The van der Waals surface area contributed by atoms with Crippen molar-refractivity contribution in [2.75, 3.05) is 32.6 Å². The summed E-state index contributed by atoms with van der Waals surface area (Å²) in [5.41, 5.74) is 0.842. The molecule has 142 valence electrons. The molecule has 1 amide bonds. The number of aromatic amines is 1. The molecule has 0 radical (unpaired) electrons. The molecule has 0 saturated heterocycles. The third-order valence-corrected chi connectivity index (χ3v) is 4.44. The monoisotopic (exact) mass is 380 g/mol. The van der Waals surface area contributed by atoms with Crippen molar-refractivity contribution in [2.45, 2.75) is 25.0 Å². The van der Waals surface area contributed by atoms with Gasteiger partial charge in [-0.05, 0) is 31.0 Å². The molecular formula is C17H24N4O4S. The van der Waals surface area contributed by atoms with Gasteiger partial charge < -0.3 is 14.8 Å². The van der Waals surface area contributed by atoms with Crippen LogP contribution in [0.25, 0.3) is 0 Å². The lowest BCUT2D eigenvalue weighted by Crippen LogP contribution is -2.29. The molecule has 0 aliphatic rings. The SMILES string of the molecule is COCCCn1c(SCC(=O)NCCOc2cccc(C)c2)n[nH]c1=O. The van der Waals surface area contributed by atoms with Gasteiger partial charge in [0.15, 0.2) is 5.16 Å². The van der Waals surface area contributed by atoms with Crippen molar-refractivity contribution < 1.29 is 14.3 Å². The van der Waals surface area contributed by atoms with Gasteiger partial charge in [-0.3, -0.25) is 9.36 Å². The van der Waals surface area contributed by atoms with Crippen molar-refractivity contribution >= 4 is 17.7 Å². The predicted octanol–water partition coefficient (Wildman–Crippen LogP) is 1.20. The molecule has 0 atom stereocenters. The van der Waals surface area contributed by atoms with E-state index in [2.05, 4.69) is 15.5 Å². The molecule has 0 aliphatic carbocycles. The van der Waals surface area contributed by atoms with Crippen LogP contribution in [0.15, 0.2) is 34.2 Å². The number of benzene rings is 1. The molecule has 8 nitrogen and oxygen atoms in total. The second-order valence-corrected chi connectivity index (χ2v) is 6.56. The maximum Gasteiger partial charge on any atom is 0.343 e. The van der Waals surface area contributed by atoms with Crippen molar-refractivity contribution in [2.24, 2.45) is 0 Å². The van der Waals surface area contributed by atoms with E-state index in [9.17, 15) is 9.59 Å². The Morgan fingerprint density at radius 1 is 1.38 bits per heavy atom. The van der Waals surface area contributed by atoms with Crippen LogP contribution in [0.5, 0.6) is 5.75 Å². The summed E-state index contributed by atoms with van der Waals surface area (Å²) < 4.78 is 12.1. The molecule has 1 heterocycles. The van der Waals surface area contributed by atoms with E-state index in [4.69, 9.17) is 9.47 Å². The van der Waals surface area contributed by atoms with Crippen molar-refractivity contribution in [3.63, 3.8) is 0 Å². The number of hydrogen-bond donors (Lipinski definition) is 2. The summed E-state index contributed by atoms with van der Waals surface area (Å²) in [6.07, 6.45) is 0.700. The summed E-state index contributed by atoms with van der Waals surface area (Å²) in [6, 6.07) is 7.74. The third kappa shape index (κ3) is 6.57. The fraction of sp³-hybridized carbons (Fsp3) is 0.471. The summed E-state index contributed by atoms with van der Waals surface area (Å²) in [5, 5.41) is 9.64. The highest BCUT2D eigenvalue weighted by Crippen LogP contribution is 2.13. The summed E-state index contributed by atoms with van der Waals surface area (Å²) in [5.74, 6) is 0.825. The number of carbonyl (C=O) groups excluding carboxylic acids is 1. The first-order chi connectivity index (χ1) is 12.6. The number of aromatic nitrogens is 3. The van der Waals surface area contributed by atoms with E-state index in [-0.39, 0.29) is 17.3 Å². The van der Waals surface area contributed by atoms with Crippen LogP contribution in [-0.4, -0.2) is 53.3 Å². The molecule has 0 saturated carbocycles. The fourth-order valence-electron chi connectivity index (χ4n) is 2.22. The van der Waals surface area contributed by atoms with Gasteiger partial charge in [-0.25, -0.2) is 9.89 Å². The Bertz CT molecular complexity index is 759. The smallest absolute Gasteiger partial charge is 0.343 e. The minimum absolute atomic E-state index is 0.137. The Hall–Kier alpha value is -2.26. The van der Waals surface area contributed by atoms with Crippen molar-refractivity contribution in [3.05, 3.63) is 40.3 Å². The predicted molar refractivity (Wildman–Crippen MR) is 99.7 cm³/mol. The number of carbonyl (C=O) groups is 1. The van der Waals surface area contributed by atoms with Crippen LogP contribution in [0.2, 0.25) is 0 Å².